The van der Waals surface area contributed by atoms with Crippen molar-refractivity contribution in [3.63, 3.8) is 0 Å². The smallest absolute Gasteiger partial charge is 0.303 e. The lowest BCUT2D eigenvalue weighted by molar-refractivity contribution is -0.145. The number of likely N-dealkylation sites (tertiary alicyclic amines) is 1. The van der Waals surface area contributed by atoms with Gasteiger partial charge in [-0.25, -0.2) is 5.01 Å². The third-order valence-corrected chi connectivity index (χ3v) is 6.46. The van der Waals surface area contributed by atoms with E-state index in [4.69, 9.17) is 4.74 Å². The van der Waals surface area contributed by atoms with Crippen molar-refractivity contribution in [1.29, 1.82) is 0 Å². The molecule has 0 aromatic carbocycles. The van der Waals surface area contributed by atoms with Crippen LogP contribution >= 0.6 is 0 Å². The van der Waals surface area contributed by atoms with Crippen LogP contribution in [0.3, 0.4) is 0 Å². The van der Waals surface area contributed by atoms with Gasteiger partial charge in [-0.15, -0.1) is 0 Å². The molecular weight excluding hydrogens is 388 g/mol. The first kappa shape index (κ1) is 22.7. The summed E-state index contributed by atoms with van der Waals surface area (Å²) in [6.45, 7) is 5.42. The normalized spacial score (nSPS) is 27.8. The first-order valence-corrected chi connectivity index (χ1v) is 11.2. The number of Topliss-reactive ketones (excluding diaryl/α,β-unsaturated/α-hetero) is 1. The Morgan fingerprint density at radius 2 is 1.80 bits per heavy atom. The van der Waals surface area contributed by atoms with Crippen molar-refractivity contribution in [2.24, 2.45) is 5.92 Å². The van der Waals surface area contributed by atoms with Crippen molar-refractivity contribution in [3.8, 4) is 0 Å². The van der Waals surface area contributed by atoms with Gasteiger partial charge in [-0.3, -0.25) is 24.6 Å². The Morgan fingerprint density at radius 3 is 2.47 bits per heavy atom. The molecule has 3 aliphatic rings. The molecule has 0 spiro atoms. The summed E-state index contributed by atoms with van der Waals surface area (Å²) in [5.41, 5.74) is 2.62. The quantitative estimate of drug-likeness (QED) is 0.575. The number of hydrogen-bond acceptors (Lipinski definition) is 6. The van der Waals surface area contributed by atoms with Crippen molar-refractivity contribution in [2.75, 3.05) is 26.3 Å². The van der Waals surface area contributed by atoms with Gasteiger partial charge < -0.3 is 15.0 Å². The summed E-state index contributed by atoms with van der Waals surface area (Å²) in [6.07, 6.45) is 5.79. The van der Waals surface area contributed by atoms with E-state index < -0.39 is 23.8 Å². The van der Waals surface area contributed by atoms with Gasteiger partial charge in [0.1, 0.15) is 6.04 Å². The number of amides is 3. The third-order valence-electron chi connectivity index (χ3n) is 6.46. The summed E-state index contributed by atoms with van der Waals surface area (Å²) in [5, 5.41) is 4.45. The molecule has 1 saturated carbocycles. The molecule has 9 heteroatoms. The van der Waals surface area contributed by atoms with E-state index in [9.17, 15) is 19.2 Å². The molecule has 30 heavy (non-hydrogen) atoms. The molecule has 2 N–H and O–H groups in total. The van der Waals surface area contributed by atoms with Crippen LogP contribution in [0.5, 0.6) is 0 Å². The van der Waals surface area contributed by atoms with Gasteiger partial charge in [0.25, 0.3) is 0 Å². The third kappa shape index (κ3) is 5.18. The van der Waals surface area contributed by atoms with E-state index in [2.05, 4.69) is 10.7 Å². The SMILES string of the molecule is CCC[C@H](NC(=O)[C@@H]1C[C@@H]2CCCC[C@@H]2N1C(C)=O)C(=O)C(=O)NN1CCOCC1. The summed E-state index contributed by atoms with van der Waals surface area (Å²) >= 11 is 0. The summed E-state index contributed by atoms with van der Waals surface area (Å²) in [7, 11) is 0. The van der Waals surface area contributed by atoms with Gasteiger partial charge in [0.15, 0.2) is 0 Å². The Balaban J connectivity index is 1.64. The van der Waals surface area contributed by atoms with Crippen molar-refractivity contribution in [3.05, 3.63) is 0 Å². The highest BCUT2D eigenvalue weighted by atomic mass is 16.5. The minimum Gasteiger partial charge on any atom is -0.379 e. The summed E-state index contributed by atoms with van der Waals surface area (Å²) in [4.78, 5) is 52.3. The first-order valence-electron chi connectivity index (χ1n) is 11.2. The number of nitrogens with zero attached hydrogens (tertiary/aromatic N) is 2. The first-order chi connectivity index (χ1) is 14.4. The fraction of sp³-hybridized carbons (Fsp3) is 0.810. The maximum absolute atomic E-state index is 13.1. The maximum atomic E-state index is 13.1. The maximum Gasteiger partial charge on any atom is 0.303 e. The van der Waals surface area contributed by atoms with E-state index in [-0.39, 0.29) is 17.9 Å². The molecule has 0 aromatic heterocycles. The molecule has 2 aliphatic heterocycles. The van der Waals surface area contributed by atoms with Crippen molar-refractivity contribution in [2.45, 2.75) is 76.9 Å². The van der Waals surface area contributed by atoms with E-state index in [1.54, 1.807) is 9.91 Å². The van der Waals surface area contributed by atoms with Gasteiger partial charge in [-0.05, 0) is 31.6 Å². The fourth-order valence-electron chi connectivity index (χ4n) is 5.00. The van der Waals surface area contributed by atoms with E-state index in [0.717, 1.165) is 25.7 Å². The lowest BCUT2D eigenvalue weighted by Crippen LogP contribution is -2.56. The highest BCUT2D eigenvalue weighted by Crippen LogP contribution is 2.39. The van der Waals surface area contributed by atoms with Crippen LogP contribution in [0.25, 0.3) is 0 Å². The average Bonchev–Trinajstić information content (AvgIpc) is 3.13. The summed E-state index contributed by atoms with van der Waals surface area (Å²) in [5.74, 6) is -1.47. The van der Waals surface area contributed by atoms with Gasteiger partial charge >= 0.3 is 5.91 Å². The Labute approximate surface area is 177 Å². The van der Waals surface area contributed by atoms with Crippen LogP contribution in [-0.2, 0) is 23.9 Å². The zero-order chi connectivity index (χ0) is 21.7. The van der Waals surface area contributed by atoms with E-state index in [0.29, 0.717) is 51.5 Å². The van der Waals surface area contributed by atoms with E-state index in [1.165, 1.54) is 6.92 Å². The summed E-state index contributed by atoms with van der Waals surface area (Å²) < 4.78 is 5.24. The number of hydrazine groups is 1. The molecule has 2 saturated heterocycles. The van der Waals surface area contributed by atoms with E-state index >= 15 is 0 Å². The molecule has 0 aromatic rings. The number of ether oxygens (including phenoxy) is 1. The zero-order valence-corrected chi connectivity index (χ0v) is 18.0. The van der Waals surface area contributed by atoms with Gasteiger partial charge in [0.05, 0.1) is 19.3 Å². The van der Waals surface area contributed by atoms with Crippen molar-refractivity contribution >= 4 is 23.5 Å². The number of carbonyl (C=O) groups is 4. The second-order valence-corrected chi connectivity index (χ2v) is 8.54. The zero-order valence-electron chi connectivity index (χ0n) is 18.0. The molecule has 0 radical (unpaired) electrons. The minimum absolute atomic E-state index is 0.104. The Bertz CT molecular complexity index is 664. The molecule has 4 atom stereocenters. The van der Waals surface area contributed by atoms with Crippen LogP contribution in [-0.4, -0.2) is 77.8 Å². The van der Waals surface area contributed by atoms with Crippen LogP contribution in [0.4, 0.5) is 0 Å². The molecule has 9 nitrogen and oxygen atoms in total. The molecule has 1 aliphatic carbocycles. The van der Waals surface area contributed by atoms with Gasteiger partial charge in [0, 0.05) is 26.1 Å². The predicted octanol–water partition coefficient (Wildman–Crippen LogP) is 0.383. The minimum atomic E-state index is -0.889. The lowest BCUT2D eigenvalue weighted by Gasteiger charge is -2.33. The Hall–Kier alpha value is -2.00. The molecule has 3 rings (SSSR count). The number of ketones is 1. The topological polar surface area (TPSA) is 108 Å². The van der Waals surface area contributed by atoms with Crippen molar-refractivity contribution in [1.82, 2.24) is 20.7 Å². The molecule has 2 heterocycles. The molecular formula is C21H34N4O5. The van der Waals surface area contributed by atoms with Crippen LogP contribution in [0.15, 0.2) is 0 Å². The molecule has 3 fully saturated rings. The van der Waals surface area contributed by atoms with Crippen molar-refractivity contribution < 1.29 is 23.9 Å². The largest absolute Gasteiger partial charge is 0.379 e. The fourth-order valence-corrected chi connectivity index (χ4v) is 5.00. The van der Waals surface area contributed by atoms with Gasteiger partial charge in [0.2, 0.25) is 17.6 Å². The number of carbonyl (C=O) groups excluding carboxylic acids is 4. The number of rotatable bonds is 7. The van der Waals surface area contributed by atoms with Crippen LogP contribution in [0.1, 0.15) is 58.8 Å². The van der Waals surface area contributed by atoms with Gasteiger partial charge in [-0.2, -0.15) is 0 Å². The highest BCUT2D eigenvalue weighted by molar-refractivity contribution is 6.38. The second kappa shape index (κ2) is 10.3. The number of hydrogen-bond donors (Lipinski definition) is 2. The number of nitrogens with one attached hydrogen (secondary N) is 2. The number of fused-ring (bicyclic) bond motifs is 1. The average molecular weight is 423 g/mol. The second-order valence-electron chi connectivity index (χ2n) is 8.54. The van der Waals surface area contributed by atoms with E-state index in [1.807, 2.05) is 6.92 Å². The Morgan fingerprint density at radius 1 is 1.10 bits per heavy atom. The predicted molar refractivity (Wildman–Crippen MR) is 109 cm³/mol. The standard InChI is InChI=1S/C21H34N4O5/c1-3-6-16(19(27)21(29)23-24-9-11-30-12-10-24)22-20(28)18-13-15-7-4-5-8-17(15)25(18)14(2)26/h15-18H,3-13H2,1-2H3,(H,22,28)(H,23,29)/t15-,16-,17-,18-/m0/s1. The Kier molecular flexibility index (Phi) is 7.82. The van der Waals surface area contributed by atoms with Crippen LogP contribution in [0.2, 0.25) is 0 Å². The molecule has 3 amide bonds. The van der Waals surface area contributed by atoms with Gasteiger partial charge in [-0.1, -0.05) is 26.2 Å². The molecule has 168 valence electrons. The lowest BCUT2D eigenvalue weighted by atomic mass is 9.84. The molecule has 0 bridgehead atoms. The number of morpholine rings is 1. The highest BCUT2D eigenvalue weighted by Gasteiger charge is 2.47. The molecule has 0 unspecified atom stereocenters. The monoisotopic (exact) mass is 422 g/mol. The van der Waals surface area contributed by atoms with Crippen LogP contribution in [0, 0.1) is 5.92 Å². The summed E-state index contributed by atoms with van der Waals surface area (Å²) in [6, 6.07) is -1.35. The van der Waals surface area contributed by atoms with Crippen LogP contribution < -0.4 is 10.7 Å².